The summed E-state index contributed by atoms with van der Waals surface area (Å²) in [6.45, 7) is 0.399. The SMILES string of the molecule is COc1ccc(-c2noc(CN(C)CC(=O)Nc3cccc(F)c3)n2)cc1. The normalized spacial score (nSPS) is 10.8. The van der Waals surface area contributed by atoms with Crippen LogP contribution in [0.4, 0.5) is 10.1 Å². The van der Waals surface area contributed by atoms with Crippen molar-refractivity contribution in [3.05, 3.63) is 60.2 Å². The molecule has 3 aromatic rings. The van der Waals surface area contributed by atoms with Crippen LogP contribution < -0.4 is 10.1 Å². The first kappa shape index (κ1) is 18.5. The number of anilines is 1. The second kappa shape index (κ2) is 8.41. The number of ether oxygens (including phenoxy) is 1. The fraction of sp³-hybridized carbons (Fsp3) is 0.211. The Morgan fingerprint density at radius 2 is 2.04 bits per heavy atom. The van der Waals surface area contributed by atoms with Gasteiger partial charge in [-0.15, -0.1) is 0 Å². The molecule has 0 aliphatic rings. The van der Waals surface area contributed by atoms with Crippen LogP contribution in [-0.2, 0) is 11.3 Å². The van der Waals surface area contributed by atoms with Crippen LogP contribution in [0.3, 0.4) is 0 Å². The van der Waals surface area contributed by atoms with Crippen molar-refractivity contribution in [1.29, 1.82) is 0 Å². The van der Waals surface area contributed by atoms with Crippen LogP contribution in [0, 0.1) is 5.82 Å². The van der Waals surface area contributed by atoms with E-state index in [9.17, 15) is 9.18 Å². The van der Waals surface area contributed by atoms with Gasteiger partial charge in [0, 0.05) is 11.3 Å². The average Bonchev–Trinajstić information content (AvgIpc) is 3.10. The van der Waals surface area contributed by atoms with Crippen LogP contribution >= 0.6 is 0 Å². The van der Waals surface area contributed by atoms with E-state index in [1.165, 1.54) is 18.2 Å². The quantitative estimate of drug-likeness (QED) is 0.689. The van der Waals surface area contributed by atoms with Gasteiger partial charge in [-0.25, -0.2) is 4.39 Å². The van der Waals surface area contributed by atoms with E-state index < -0.39 is 5.82 Å². The molecule has 1 N–H and O–H groups in total. The molecule has 0 spiro atoms. The maximum absolute atomic E-state index is 13.2. The number of methoxy groups -OCH3 is 1. The van der Waals surface area contributed by atoms with E-state index in [0.717, 1.165) is 11.3 Å². The molecule has 27 heavy (non-hydrogen) atoms. The van der Waals surface area contributed by atoms with Crippen molar-refractivity contribution in [3.63, 3.8) is 0 Å². The fourth-order valence-electron chi connectivity index (χ4n) is 2.48. The van der Waals surface area contributed by atoms with Crippen LogP contribution in [0.25, 0.3) is 11.4 Å². The van der Waals surface area contributed by atoms with Crippen molar-refractivity contribution in [2.24, 2.45) is 0 Å². The lowest BCUT2D eigenvalue weighted by molar-refractivity contribution is -0.117. The van der Waals surface area contributed by atoms with Crippen molar-refractivity contribution >= 4 is 11.6 Å². The second-order valence-corrected chi connectivity index (χ2v) is 5.97. The zero-order valence-electron chi connectivity index (χ0n) is 15.0. The summed E-state index contributed by atoms with van der Waals surface area (Å²) in [5.74, 6) is 0.926. The molecule has 0 saturated carbocycles. The number of amides is 1. The molecule has 8 heteroatoms. The van der Waals surface area contributed by atoms with Gasteiger partial charge >= 0.3 is 0 Å². The van der Waals surface area contributed by atoms with Gasteiger partial charge in [0.15, 0.2) is 0 Å². The first-order chi connectivity index (χ1) is 13.0. The fourth-order valence-corrected chi connectivity index (χ4v) is 2.48. The molecule has 0 radical (unpaired) electrons. The Morgan fingerprint density at radius 3 is 2.74 bits per heavy atom. The van der Waals surface area contributed by atoms with Gasteiger partial charge in [-0.3, -0.25) is 9.69 Å². The van der Waals surface area contributed by atoms with E-state index in [2.05, 4.69) is 15.5 Å². The summed E-state index contributed by atoms with van der Waals surface area (Å²) >= 11 is 0. The third kappa shape index (κ3) is 5.11. The van der Waals surface area contributed by atoms with Crippen molar-refractivity contribution in [2.75, 3.05) is 26.0 Å². The van der Waals surface area contributed by atoms with Crippen molar-refractivity contribution in [2.45, 2.75) is 6.54 Å². The summed E-state index contributed by atoms with van der Waals surface area (Å²) in [5, 5.41) is 6.60. The minimum absolute atomic E-state index is 0.0940. The van der Waals surface area contributed by atoms with Gasteiger partial charge in [-0.1, -0.05) is 11.2 Å². The minimum Gasteiger partial charge on any atom is -0.497 e. The van der Waals surface area contributed by atoms with Gasteiger partial charge < -0.3 is 14.6 Å². The van der Waals surface area contributed by atoms with Gasteiger partial charge in [0.2, 0.25) is 17.6 Å². The monoisotopic (exact) mass is 370 g/mol. The van der Waals surface area contributed by atoms with Gasteiger partial charge in [-0.05, 0) is 49.5 Å². The average molecular weight is 370 g/mol. The third-order valence-corrected chi connectivity index (χ3v) is 3.74. The minimum atomic E-state index is -0.405. The van der Waals surface area contributed by atoms with E-state index >= 15 is 0 Å². The zero-order valence-corrected chi connectivity index (χ0v) is 15.0. The Morgan fingerprint density at radius 1 is 1.26 bits per heavy atom. The Kier molecular flexibility index (Phi) is 5.77. The van der Waals surface area contributed by atoms with E-state index in [-0.39, 0.29) is 12.5 Å². The van der Waals surface area contributed by atoms with Gasteiger partial charge in [-0.2, -0.15) is 4.98 Å². The Balaban J connectivity index is 1.55. The molecule has 1 heterocycles. The number of halogens is 1. The van der Waals surface area contributed by atoms with Crippen molar-refractivity contribution in [1.82, 2.24) is 15.0 Å². The van der Waals surface area contributed by atoms with E-state index in [0.29, 0.717) is 23.9 Å². The Bertz CT molecular complexity index is 911. The first-order valence-corrected chi connectivity index (χ1v) is 8.24. The molecule has 0 unspecified atom stereocenters. The van der Waals surface area contributed by atoms with Crippen LogP contribution in [0.1, 0.15) is 5.89 Å². The second-order valence-electron chi connectivity index (χ2n) is 5.97. The summed E-state index contributed by atoms with van der Waals surface area (Å²) in [5.41, 5.74) is 1.21. The molecule has 0 aliphatic heterocycles. The van der Waals surface area contributed by atoms with E-state index in [1.807, 2.05) is 24.3 Å². The van der Waals surface area contributed by atoms with Gasteiger partial charge in [0.1, 0.15) is 11.6 Å². The molecule has 7 nitrogen and oxygen atoms in total. The molecular weight excluding hydrogens is 351 g/mol. The molecular formula is C19H19FN4O3. The molecule has 0 fully saturated rings. The molecule has 140 valence electrons. The predicted molar refractivity (Wildman–Crippen MR) is 97.6 cm³/mol. The number of aromatic nitrogens is 2. The van der Waals surface area contributed by atoms with E-state index in [4.69, 9.17) is 9.26 Å². The lowest BCUT2D eigenvalue weighted by atomic mass is 10.2. The topological polar surface area (TPSA) is 80.5 Å². The number of carbonyl (C=O) groups is 1. The highest BCUT2D eigenvalue weighted by Gasteiger charge is 2.13. The first-order valence-electron chi connectivity index (χ1n) is 8.24. The number of hydrogen-bond donors (Lipinski definition) is 1. The number of benzene rings is 2. The smallest absolute Gasteiger partial charge is 0.241 e. The highest BCUT2D eigenvalue weighted by molar-refractivity contribution is 5.92. The largest absolute Gasteiger partial charge is 0.497 e. The van der Waals surface area contributed by atoms with Gasteiger partial charge in [0.25, 0.3) is 0 Å². The maximum atomic E-state index is 13.2. The highest BCUT2D eigenvalue weighted by atomic mass is 19.1. The highest BCUT2D eigenvalue weighted by Crippen LogP contribution is 2.20. The Labute approximate surface area is 155 Å². The summed E-state index contributed by atoms with van der Waals surface area (Å²) in [6.07, 6.45) is 0. The van der Waals surface area contributed by atoms with Crippen molar-refractivity contribution < 1.29 is 18.4 Å². The number of likely N-dealkylation sites (N-methyl/N-ethyl adjacent to an activating group) is 1. The molecule has 0 bridgehead atoms. The number of nitrogens with zero attached hydrogens (tertiary/aromatic N) is 3. The zero-order chi connectivity index (χ0) is 19.2. The van der Waals surface area contributed by atoms with E-state index in [1.54, 1.807) is 25.1 Å². The standard InChI is InChI=1S/C19H19FN4O3/c1-24(11-17(25)21-15-5-3-4-14(20)10-15)12-18-22-19(23-27-18)13-6-8-16(26-2)9-7-13/h3-10H,11-12H2,1-2H3,(H,21,25). The molecule has 0 saturated heterocycles. The number of carbonyl (C=O) groups excluding carboxylic acids is 1. The number of nitrogens with one attached hydrogen (secondary N) is 1. The molecule has 0 aliphatic carbocycles. The Hall–Kier alpha value is -3.26. The summed E-state index contributed by atoms with van der Waals surface area (Å²) in [4.78, 5) is 18.1. The van der Waals surface area contributed by atoms with Crippen LogP contribution in [0.15, 0.2) is 53.1 Å². The molecule has 3 rings (SSSR count). The van der Waals surface area contributed by atoms with Crippen LogP contribution in [0.2, 0.25) is 0 Å². The molecule has 0 atom stereocenters. The van der Waals surface area contributed by atoms with Crippen LogP contribution in [0.5, 0.6) is 5.75 Å². The number of hydrogen-bond acceptors (Lipinski definition) is 6. The third-order valence-electron chi connectivity index (χ3n) is 3.74. The summed E-state index contributed by atoms with van der Waals surface area (Å²) < 4.78 is 23.5. The molecule has 2 aromatic carbocycles. The molecule has 1 aromatic heterocycles. The lowest BCUT2D eigenvalue weighted by Gasteiger charge is -2.13. The summed E-state index contributed by atoms with van der Waals surface area (Å²) in [6, 6.07) is 13.0. The molecule has 1 amide bonds. The summed E-state index contributed by atoms with van der Waals surface area (Å²) in [7, 11) is 3.35. The maximum Gasteiger partial charge on any atom is 0.241 e. The predicted octanol–water partition coefficient (Wildman–Crippen LogP) is 2.95. The van der Waals surface area contributed by atoms with Gasteiger partial charge in [0.05, 0.1) is 20.2 Å². The van der Waals surface area contributed by atoms with Crippen LogP contribution in [-0.4, -0.2) is 41.6 Å². The van der Waals surface area contributed by atoms with Crippen molar-refractivity contribution in [3.8, 4) is 17.1 Å². The lowest BCUT2D eigenvalue weighted by Crippen LogP contribution is -2.29. The number of rotatable bonds is 7.